The molecule has 6 heteroatoms. The zero-order chi connectivity index (χ0) is 20.2. The third kappa shape index (κ3) is 4.72. The number of carbonyl (C=O) groups excluding carboxylic acids is 1. The molecule has 0 bridgehead atoms. The molecule has 1 aliphatic rings. The van der Waals surface area contributed by atoms with Gasteiger partial charge in [-0.05, 0) is 30.2 Å². The number of fused-ring (bicyclic) bond motifs is 1. The van der Waals surface area contributed by atoms with Gasteiger partial charge in [0.2, 0.25) is 0 Å². The van der Waals surface area contributed by atoms with Crippen molar-refractivity contribution >= 4 is 16.9 Å². The van der Waals surface area contributed by atoms with Crippen molar-refractivity contribution in [3.05, 3.63) is 81.2 Å². The van der Waals surface area contributed by atoms with Crippen LogP contribution in [0.4, 0.5) is 0 Å². The Morgan fingerprint density at radius 1 is 1.03 bits per heavy atom. The number of ether oxygens (including phenoxy) is 1. The first-order valence-corrected chi connectivity index (χ1v) is 9.79. The van der Waals surface area contributed by atoms with Gasteiger partial charge in [-0.2, -0.15) is 0 Å². The van der Waals surface area contributed by atoms with E-state index >= 15 is 0 Å². The van der Waals surface area contributed by atoms with E-state index in [9.17, 15) is 9.59 Å². The number of hydrogen-bond donors (Lipinski definition) is 1. The molecule has 0 radical (unpaired) electrons. The monoisotopic (exact) mass is 392 g/mol. The Morgan fingerprint density at radius 3 is 2.52 bits per heavy atom. The number of hydrogen-bond acceptors (Lipinski definition) is 5. The first-order chi connectivity index (χ1) is 14.1. The quantitative estimate of drug-likeness (QED) is 0.723. The van der Waals surface area contributed by atoms with Crippen LogP contribution in [0, 0.1) is 6.92 Å². The molecule has 0 spiro atoms. The van der Waals surface area contributed by atoms with Crippen LogP contribution < -0.4 is 10.7 Å². The predicted molar refractivity (Wildman–Crippen MR) is 111 cm³/mol. The minimum Gasteiger partial charge on any atom is -0.451 e. The lowest BCUT2D eigenvalue weighted by atomic mass is 10.1. The summed E-state index contributed by atoms with van der Waals surface area (Å²) in [7, 11) is 0. The van der Waals surface area contributed by atoms with Crippen molar-refractivity contribution in [2.75, 3.05) is 26.3 Å². The van der Waals surface area contributed by atoms with Gasteiger partial charge in [-0.3, -0.25) is 14.5 Å². The lowest BCUT2D eigenvalue weighted by Gasteiger charge is -2.26. The molecule has 1 saturated heterocycles. The molecular weight excluding hydrogens is 368 g/mol. The SMILES string of the molecule is Cc1ccc2oc(C(=O)NCc3ccc(CN4CCOCC4)cc3)cc(=O)c2c1. The second kappa shape index (κ2) is 8.59. The van der Waals surface area contributed by atoms with E-state index in [0.717, 1.165) is 44.0 Å². The first-order valence-electron chi connectivity index (χ1n) is 9.79. The van der Waals surface area contributed by atoms with Gasteiger partial charge in [0.15, 0.2) is 11.2 Å². The molecule has 4 rings (SSSR count). The van der Waals surface area contributed by atoms with Crippen LogP contribution in [0.15, 0.2) is 57.7 Å². The van der Waals surface area contributed by atoms with Crippen molar-refractivity contribution in [1.82, 2.24) is 10.2 Å². The van der Waals surface area contributed by atoms with Crippen LogP contribution >= 0.6 is 0 Å². The highest BCUT2D eigenvalue weighted by molar-refractivity contribution is 5.93. The van der Waals surface area contributed by atoms with Gasteiger partial charge in [0.05, 0.1) is 18.6 Å². The Bertz CT molecular complexity index is 1070. The van der Waals surface area contributed by atoms with E-state index in [2.05, 4.69) is 22.3 Å². The Kier molecular flexibility index (Phi) is 5.74. The molecule has 1 amide bonds. The summed E-state index contributed by atoms with van der Waals surface area (Å²) in [5, 5.41) is 3.30. The number of nitrogens with one attached hydrogen (secondary N) is 1. The third-order valence-electron chi connectivity index (χ3n) is 5.09. The second-order valence-electron chi connectivity index (χ2n) is 7.36. The summed E-state index contributed by atoms with van der Waals surface area (Å²) in [6.07, 6.45) is 0. The molecular formula is C23H24N2O4. The van der Waals surface area contributed by atoms with Crippen LogP contribution in [-0.2, 0) is 17.8 Å². The van der Waals surface area contributed by atoms with Crippen LogP contribution in [0.5, 0.6) is 0 Å². The first kappa shape index (κ1) is 19.4. The van der Waals surface area contributed by atoms with E-state index in [1.54, 1.807) is 12.1 Å². The van der Waals surface area contributed by atoms with E-state index in [1.165, 1.54) is 11.6 Å². The molecule has 3 aromatic rings. The summed E-state index contributed by atoms with van der Waals surface area (Å²) >= 11 is 0. The molecule has 0 aliphatic carbocycles. The van der Waals surface area contributed by atoms with E-state index in [1.807, 2.05) is 25.1 Å². The normalized spacial score (nSPS) is 14.8. The lowest BCUT2D eigenvalue weighted by Crippen LogP contribution is -2.35. The van der Waals surface area contributed by atoms with Crippen molar-refractivity contribution in [2.24, 2.45) is 0 Å². The Balaban J connectivity index is 1.38. The molecule has 6 nitrogen and oxygen atoms in total. The number of benzene rings is 2. The van der Waals surface area contributed by atoms with Crippen molar-refractivity contribution in [3.8, 4) is 0 Å². The summed E-state index contributed by atoms with van der Waals surface area (Å²) in [4.78, 5) is 27.1. The maximum Gasteiger partial charge on any atom is 0.287 e. The van der Waals surface area contributed by atoms with Gasteiger partial charge in [0, 0.05) is 32.2 Å². The average molecular weight is 392 g/mol. The standard InChI is InChI=1S/C23H24N2O4/c1-16-2-7-21-19(12-16)20(26)13-22(29-21)23(27)24-14-17-3-5-18(6-4-17)15-25-8-10-28-11-9-25/h2-7,12-13H,8-11,14-15H2,1H3,(H,24,27). The fourth-order valence-corrected chi connectivity index (χ4v) is 3.43. The van der Waals surface area contributed by atoms with Gasteiger partial charge in [-0.15, -0.1) is 0 Å². The third-order valence-corrected chi connectivity index (χ3v) is 5.09. The lowest BCUT2D eigenvalue weighted by molar-refractivity contribution is 0.0342. The fraction of sp³-hybridized carbons (Fsp3) is 0.304. The van der Waals surface area contributed by atoms with E-state index in [0.29, 0.717) is 17.5 Å². The van der Waals surface area contributed by atoms with E-state index in [-0.39, 0.29) is 11.2 Å². The largest absolute Gasteiger partial charge is 0.451 e. The van der Waals surface area contributed by atoms with Gasteiger partial charge in [-0.25, -0.2) is 0 Å². The van der Waals surface area contributed by atoms with Crippen LogP contribution in [-0.4, -0.2) is 37.1 Å². The molecule has 2 aromatic carbocycles. The molecule has 1 aromatic heterocycles. The van der Waals surface area contributed by atoms with Crippen molar-refractivity contribution in [2.45, 2.75) is 20.0 Å². The summed E-state index contributed by atoms with van der Waals surface area (Å²) in [5.74, 6) is -0.378. The number of nitrogens with zero attached hydrogens (tertiary/aromatic N) is 1. The fourth-order valence-electron chi connectivity index (χ4n) is 3.43. The summed E-state index contributed by atoms with van der Waals surface area (Å²) in [6, 6.07) is 14.8. The van der Waals surface area contributed by atoms with Crippen LogP contribution in [0.2, 0.25) is 0 Å². The van der Waals surface area contributed by atoms with Crippen molar-refractivity contribution < 1.29 is 13.9 Å². The molecule has 1 fully saturated rings. The number of rotatable bonds is 5. The molecule has 0 saturated carbocycles. The molecule has 2 heterocycles. The van der Waals surface area contributed by atoms with Crippen LogP contribution in [0.25, 0.3) is 11.0 Å². The molecule has 0 unspecified atom stereocenters. The number of amides is 1. The number of carbonyl (C=O) groups is 1. The van der Waals surface area contributed by atoms with Gasteiger partial charge in [0.25, 0.3) is 5.91 Å². The highest BCUT2D eigenvalue weighted by Gasteiger charge is 2.13. The average Bonchev–Trinajstić information content (AvgIpc) is 2.74. The highest BCUT2D eigenvalue weighted by atomic mass is 16.5. The molecule has 1 aliphatic heterocycles. The maximum atomic E-state index is 12.4. The zero-order valence-electron chi connectivity index (χ0n) is 16.4. The number of aryl methyl sites for hydroxylation is 1. The van der Waals surface area contributed by atoms with Crippen LogP contribution in [0.1, 0.15) is 27.2 Å². The van der Waals surface area contributed by atoms with Crippen LogP contribution in [0.3, 0.4) is 0 Å². The number of morpholine rings is 1. The molecule has 150 valence electrons. The van der Waals surface area contributed by atoms with E-state index < -0.39 is 5.91 Å². The Hall–Kier alpha value is -2.96. The topological polar surface area (TPSA) is 71.8 Å². The smallest absolute Gasteiger partial charge is 0.287 e. The maximum absolute atomic E-state index is 12.4. The Morgan fingerprint density at radius 2 is 1.76 bits per heavy atom. The summed E-state index contributed by atoms with van der Waals surface area (Å²) in [5.41, 5.74) is 3.40. The molecule has 0 atom stereocenters. The van der Waals surface area contributed by atoms with Gasteiger partial charge < -0.3 is 14.5 Å². The second-order valence-corrected chi connectivity index (χ2v) is 7.36. The summed E-state index contributed by atoms with van der Waals surface area (Å²) in [6.45, 7) is 6.65. The summed E-state index contributed by atoms with van der Waals surface area (Å²) < 4.78 is 11.0. The Labute approximate surface area is 169 Å². The highest BCUT2D eigenvalue weighted by Crippen LogP contribution is 2.14. The van der Waals surface area contributed by atoms with Gasteiger partial charge in [-0.1, -0.05) is 35.9 Å². The van der Waals surface area contributed by atoms with Gasteiger partial charge >= 0.3 is 0 Å². The molecule has 1 N–H and O–H groups in total. The molecule has 29 heavy (non-hydrogen) atoms. The van der Waals surface area contributed by atoms with Gasteiger partial charge in [0.1, 0.15) is 5.58 Å². The minimum atomic E-state index is -0.401. The predicted octanol–water partition coefficient (Wildman–Crippen LogP) is 2.86. The van der Waals surface area contributed by atoms with Crippen molar-refractivity contribution in [3.63, 3.8) is 0 Å². The zero-order valence-corrected chi connectivity index (χ0v) is 16.4. The van der Waals surface area contributed by atoms with E-state index in [4.69, 9.17) is 9.15 Å². The minimum absolute atomic E-state index is 0.0234. The van der Waals surface area contributed by atoms with Crippen molar-refractivity contribution in [1.29, 1.82) is 0 Å².